The molecule has 2 fully saturated rings. The molecule has 2 aromatic carbocycles. The van der Waals surface area contributed by atoms with E-state index in [1.54, 1.807) is 17.0 Å². The standard InChI is InChI=1S/C26H30Cl2N4O/c27-23-11-10-21(17-24(23)28)31(16-12-29)19-26(33)32-15-6-9-22(20-7-2-1-3-8-20)25(32)18-30-13-4-5-14-30/h1-3,7-8,10-11,17,22,25H,4-6,9,13-16,18-19H2/t22-,25+/m1/s1. The van der Waals surface area contributed by atoms with Gasteiger partial charge >= 0.3 is 0 Å². The van der Waals surface area contributed by atoms with E-state index in [1.807, 2.05) is 12.1 Å². The van der Waals surface area contributed by atoms with Gasteiger partial charge in [0.15, 0.2) is 0 Å². The molecule has 2 atom stereocenters. The molecule has 7 heteroatoms. The van der Waals surface area contributed by atoms with Gasteiger partial charge in [-0.05, 0) is 62.5 Å². The highest BCUT2D eigenvalue weighted by molar-refractivity contribution is 6.42. The molecule has 0 radical (unpaired) electrons. The third-order valence-electron chi connectivity index (χ3n) is 6.83. The number of carbonyl (C=O) groups excluding carboxylic acids is 1. The van der Waals surface area contributed by atoms with Crippen molar-refractivity contribution in [2.75, 3.05) is 44.2 Å². The van der Waals surface area contributed by atoms with Crippen LogP contribution in [0.4, 0.5) is 5.69 Å². The maximum absolute atomic E-state index is 13.7. The summed E-state index contributed by atoms with van der Waals surface area (Å²) in [5.41, 5.74) is 2.03. The predicted molar refractivity (Wildman–Crippen MR) is 134 cm³/mol. The van der Waals surface area contributed by atoms with Crippen molar-refractivity contribution in [1.82, 2.24) is 9.80 Å². The van der Waals surface area contributed by atoms with Gasteiger partial charge in [0.1, 0.15) is 6.54 Å². The van der Waals surface area contributed by atoms with E-state index >= 15 is 0 Å². The summed E-state index contributed by atoms with van der Waals surface area (Å²) in [6, 6.07) is 18.1. The second-order valence-corrected chi connectivity index (χ2v) is 9.75. The molecular formula is C26H30Cl2N4O. The van der Waals surface area contributed by atoms with Gasteiger partial charge < -0.3 is 14.7 Å². The van der Waals surface area contributed by atoms with Gasteiger partial charge in [0, 0.05) is 24.7 Å². The second kappa shape index (κ2) is 11.2. The fourth-order valence-electron chi connectivity index (χ4n) is 5.17. The molecule has 0 N–H and O–H groups in total. The number of hydrogen-bond acceptors (Lipinski definition) is 4. The van der Waals surface area contributed by atoms with Gasteiger partial charge in [-0.2, -0.15) is 5.26 Å². The van der Waals surface area contributed by atoms with Crippen molar-refractivity contribution in [3.05, 3.63) is 64.1 Å². The van der Waals surface area contributed by atoms with Crippen molar-refractivity contribution in [3.63, 3.8) is 0 Å². The number of benzene rings is 2. The molecule has 4 rings (SSSR count). The summed E-state index contributed by atoms with van der Waals surface area (Å²) in [6.45, 7) is 4.10. The molecule has 0 bridgehead atoms. The molecule has 0 spiro atoms. The van der Waals surface area contributed by atoms with E-state index < -0.39 is 0 Å². The molecule has 0 unspecified atom stereocenters. The molecule has 174 valence electrons. The molecule has 33 heavy (non-hydrogen) atoms. The summed E-state index contributed by atoms with van der Waals surface area (Å²) in [5, 5.41) is 10.3. The molecule has 2 aliphatic heterocycles. The second-order valence-electron chi connectivity index (χ2n) is 8.93. The lowest BCUT2D eigenvalue weighted by molar-refractivity contribution is -0.134. The average Bonchev–Trinajstić information content (AvgIpc) is 3.34. The largest absolute Gasteiger partial charge is 0.349 e. The zero-order valence-corrected chi connectivity index (χ0v) is 20.3. The van der Waals surface area contributed by atoms with E-state index in [-0.39, 0.29) is 25.0 Å². The molecule has 2 aliphatic rings. The topological polar surface area (TPSA) is 50.6 Å². The van der Waals surface area contributed by atoms with Crippen LogP contribution in [0.5, 0.6) is 0 Å². The van der Waals surface area contributed by atoms with Crippen molar-refractivity contribution in [1.29, 1.82) is 5.26 Å². The Labute approximate surface area is 206 Å². The quantitative estimate of drug-likeness (QED) is 0.507. The van der Waals surface area contributed by atoms with Crippen LogP contribution in [0.15, 0.2) is 48.5 Å². The van der Waals surface area contributed by atoms with Crippen LogP contribution < -0.4 is 4.90 Å². The summed E-state index contributed by atoms with van der Waals surface area (Å²) < 4.78 is 0. The molecule has 1 amide bonds. The number of anilines is 1. The fourth-order valence-corrected chi connectivity index (χ4v) is 5.46. The van der Waals surface area contributed by atoms with Crippen LogP contribution in [0.25, 0.3) is 0 Å². The smallest absolute Gasteiger partial charge is 0.242 e. The molecule has 2 saturated heterocycles. The summed E-state index contributed by atoms with van der Waals surface area (Å²) in [4.78, 5) is 20.0. The van der Waals surface area contributed by atoms with E-state index in [1.165, 1.54) is 18.4 Å². The Balaban J connectivity index is 1.57. The highest BCUT2D eigenvalue weighted by Gasteiger charge is 2.37. The lowest BCUT2D eigenvalue weighted by Crippen LogP contribution is -2.54. The molecule has 0 saturated carbocycles. The van der Waals surface area contributed by atoms with Crippen molar-refractivity contribution in [2.24, 2.45) is 0 Å². The first-order chi connectivity index (χ1) is 16.1. The van der Waals surface area contributed by atoms with Gasteiger partial charge in [-0.25, -0.2) is 0 Å². The fraction of sp³-hybridized carbons (Fsp3) is 0.462. The Morgan fingerprint density at radius 1 is 1.03 bits per heavy atom. The Hall–Kier alpha value is -2.26. The minimum Gasteiger partial charge on any atom is -0.349 e. The summed E-state index contributed by atoms with van der Waals surface area (Å²) in [6.07, 6.45) is 4.52. The molecule has 0 aromatic heterocycles. The average molecular weight is 485 g/mol. The number of rotatable bonds is 7. The molecule has 0 aliphatic carbocycles. The SMILES string of the molecule is N#CCN(CC(=O)N1CCC[C@H](c2ccccc2)[C@@H]1CN1CCCC1)c1ccc(Cl)c(Cl)c1. The Bertz CT molecular complexity index is 988. The highest BCUT2D eigenvalue weighted by atomic mass is 35.5. The first-order valence-electron chi connectivity index (χ1n) is 11.7. The van der Waals surface area contributed by atoms with Gasteiger partial charge in [0.05, 0.1) is 28.7 Å². The van der Waals surface area contributed by atoms with Crippen LogP contribution in [0.1, 0.15) is 37.2 Å². The van der Waals surface area contributed by atoms with Crippen LogP contribution in [0.2, 0.25) is 10.0 Å². The molecule has 5 nitrogen and oxygen atoms in total. The van der Waals surface area contributed by atoms with Crippen LogP contribution >= 0.6 is 23.2 Å². The Kier molecular flexibility index (Phi) is 8.14. The number of nitriles is 1. The van der Waals surface area contributed by atoms with Crippen LogP contribution in [-0.4, -0.2) is 61.0 Å². The zero-order valence-electron chi connectivity index (χ0n) is 18.8. The predicted octanol–water partition coefficient (Wildman–Crippen LogP) is 5.19. The third kappa shape index (κ3) is 5.81. The molecule has 2 aromatic rings. The maximum atomic E-state index is 13.7. The first-order valence-corrected chi connectivity index (χ1v) is 12.5. The minimum atomic E-state index is 0.0566. The van der Waals surface area contributed by atoms with Gasteiger partial charge in [-0.3, -0.25) is 4.79 Å². The van der Waals surface area contributed by atoms with Gasteiger partial charge in [-0.1, -0.05) is 53.5 Å². The van der Waals surface area contributed by atoms with E-state index in [0.717, 1.165) is 44.7 Å². The number of piperidine rings is 1. The molecule has 2 heterocycles. The van der Waals surface area contributed by atoms with Gasteiger partial charge in [0.2, 0.25) is 5.91 Å². The normalized spacial score (nSPS) is 21.1. The highest BCUT2D eigenvalue weighted by Crippen LogP contribution is 2.34. The molecular weight excluding hydrogens is 455 g/mol. The summed E-state index contributed by atoms with van der Waals surface area (Å²) in [7, 11) is 0. The zero-order chi connectivity index (χ0) is 23.2. The first kappa shape index (κ1) is 23.9. The van der Waals surface area contributed by atoms with Gasteiger partial charge in [0.25, 0.3) is 0 Å². The van der Waals surface area contributed by atoms with Crippen molar-refractivity contribution in [2.45, 2.75) is 37.6 Å². The number of halogens is 2. The van der Waals surface area contributed by atoms with E-state index in [9.17, 15) is 10.1 Å². The van der Waals surface area contributed by atoms with Crippen LogP contribution in [0.3, 0.4) is 0 Å². The van der Waals surface area contributed by atoms with E-state index in [2.05, 4.69) is 40.1 Å². The number of likely N-dealkylation sites (tertiary alicyclic amines) is 2. The van der Waals surface area contributed by atoms with Crippen molar-refractivity contribution < 1.29 is 4.79 Å². The lowest BCUT2D eigenvalue weighted by atomic mass is 9.83. The van der Waals surface area contributed by atoms with Crippen molar-refractivity contribution in [3.8, 4) is 6.07 Å². The summed E-state index contributed by atoms with van der Waals surface area (Å²) >= 11 is 12.3. The Morgan fingerprint density at radius 2 is 1.79 bits per heavy atom. The van der Waals surface area contributed by atoms with Crippen LogP contribution in [0, 0.1) is 11.3 Å². The monoisotopic (exact) mass is 484 g/mol. The number of carbonyl (C=O) groups is 1. The number of hydrogen-bond donors (Lipinski definition) is 0. The lowest BCUT2D eigenvalue weighted by Gasteiger charge is -2.44. The Morgan fingerprint density at radius 3 is 2.48 bits per heavy atom. The number of nitrogens with zero attached hydrogens (tertiary/aromatic N) is 4. The van der Waals surface area contributed by atoms with Gasteiger partial charge in [-0.15, -0.1) is 0 Å². The van der Waals surface area contributed by atoms with E-state index in [4.69, 9.17) is 23.2 Å². The van der Waals surface area contributed by atoms with Crippen LogP contribution in [-0.2, 0) is 4.79 Å². The maximum Gasteiger partial charge on any atom is 0.242 e. The van der Waals surface area contributed by atoms with Crippen molar-refractivity contribution >= 4 is 34.8 Å². The third-order valence-corrected chi connectivity index (χ3v) is 7.57. The summed E-state index contributed by atoms with van der Waals surface area (Å²) in [5.74, 6) is 0.375. The van der Waals surface area contributed by atoms with E-state index in [0.29, 0.717) is 16.0 Å². The minimum absolute atomic E-state index is 0.0566. The number of amides is 1.